The van der Waals surface area contributed by atoms with Crippen molar-refractivity contribution >= 4 is 44.6 Å². The summed E-state index contributed by atoms with van der Waals surface area (Å²) in [5.74, 6) is 18.8. The van der Waals surface area contributed by atoms with Crippen LogP contribution in [0, 0.1) is 30.1 Å². The molecule has 0 aliphatic carbocycles. The first-order valence-corrected chi connectivity index (χ1v) is 33.1. The number of aryl methyl sites for hydroxylation is 1. The molecule has 11 nitrogen and oxygen atoms in total. The average Bonchev–Trinajstić information content (AvgIpc) is 2.07. The molecule has 4 heterocycles. The van der Waals surface area contributed by atoms with Crippen molar-refractivity contribution in [2.24, 2.45) is 17.1 Å². The van der Waals surface area contributed by atoms with E-state index < -0.39 is 15.2 Å². The maximum Gasteiger partial charge on any atom is 0.245 e. The minimum Gasteiger partial charge on any atom is -0.399 e. The number of rotatable bonds is 24. The van der Waals surface area contributed by atoms with Gasteiger partial charge in [0.25, 0.3) is 0 Å². The van der Waals surface area contributed by atoms with E-state index >= 15 is 0 Å². The van der Waals surface area contributed by atoms with E-state index in [-0.39, 0.29) is 41.2 Å². The standard InChI is InChI=1S/C60H89N7O2S.C6H7N.C5H10O/c1-15-18-26-60(9,10)40-53-51-39-49(50-35-44(6)34-48(36-50)38-54(59(69)64(11)28-20-19-27-61)63-46(8)57(43(4)5)65(12)42-68)24-25-55(51)67(17-3)58(53)52-37-47(41-62-56(52)45(7)16-2)23-21-29-66-30-22-32-70(13,14)33-31-66;7-6-4-2-1-3-5-6;1-5-3-2-4-6-5/h15,24-25,34-37,39,41-43,45,53-54,57-58,63H,1,8,13-14,16-20,22,26-33,38,40,61H2,2-7,9-12H3;1-5H,7H2;5H,2-4H2,1H3. The number of pyridine rings is 1. The van der Waals surface area contributed by atoms with Crippen molar-refractivity contribution in [3.05, 3.63) is 137 Å². The zero-order valence-corrected chi connectivity index (χ0v) is 53.8. The fourth-order valence-corrected chi connectivity index (χ4v) is 13.7. The Morgan fingerprint density at radius 3 is 2.34 bits per heavy atom. The third-order valence-electron chi connectivity index (χ3n) is 16.8. The molecule has 2 saturated heterocycles. The first-order chi connectivity index (χ1) is 39.5. The summed E-state index contributed by atoms with van der Waals surface area (Å²) in [5.41, 5.74) is 23.2. The summed E-state index contributed by atoms with van der Waals surface area (Å²) < 4.78 is 5.15. The molecule has 5 N–H and O–H groups in total. The maximum absolute atomic E-state index is 14.3. The Kier molecular flexibility index (Phi) is 27.0. The van der Waals surface area contributed by atoms with Gasteiger partial charge in [0, 0.05) is 87.2 Å². The van der Waals surface area contributed by atoms with E-state index in [0.29, 0.717) is 31.3 Å². The van der Waals surface area contributed by atoms with Crippen molar-refractivity contribution in [3.63, 3.8) is 0 Å². The van der Waals surface area contributed by atoms with Crippen molar-refractivity contribution in [1.82, 2.24) is 25.0 Å². The first-order valence-electron chi connectivity index (χ1n) is 30.8. The molecule has 2 amide bonds. The molecule has 6 atom stereocenters. The van der Waals surface area contributed by atoms with Crippen LogP contribution in [0.25, 0.3) is 11.1 Å². The predicted molar refractivity (Wildman–Crippen MR) is 359 cm³/mol. The van der Waals surface area contributed by atoms with Crippen molar-refractivity contribution in [2.45, 2.75) is 163 Å². The number of para-hydroxylation sites is 1. The third kappa shape index (κ3) is 20.4. The van der Waals surface area contributed by atoms with Gasteiger partial charge in [0.15, 0.2) is 0 Å². The molecular weight excluding hydrogens is 1040 g/mol. The largest absolute Gasteiger partial charge is 0.399 e. The highest BCUT2D eigenvalue weighted by atomic mass is 32.2. The molecule has 0 radical (unpaired) electrons. The van der Waals surface area contributed by atoms with Gasteiger partial charge in [-0.25, -0.2) is 9.21 Å². The number of hydrogen-bond acceptors (Lipinski definition) is 9. The molecular formula is C71H106N8O3S. The van der Waals surface area contributed by atoms with Crippen molar-refractivity contribution in [2.75, 3.05) is 82.1 Å². The van der Waals surface area contributed by atoms with Crippen LogP contribution >= 0.6 is 9.21 Å². The van der Waals surface area contributed by atoms with E-state index in [9.17, 15) is 9.59 Å². The third-order valence-corrected chi connectivity index (χ3v) is 19.0. The molecule has 454 valence electrons. The van der Waals surface area contributed by atoms with Crippen LogP contribution in [0.2, 0.25) is 0 Å². The lowest BCUT2D eigenvalue weighted by Gasteiger charge is -2.36. The second-order valence-electron chi connectivity index (χ2n) is 25.0. The van der Waals surface area contributed by atoms with Gasteiger partial charge in [-0.15, -0.1) is 6.58 Å². The molecule has 83 heavy (non-hydrogen) atoms. The van der Waals surface area contributed by atoms with E-state index in [1.807, 2.05) is 43.6 Å². The van der Waals surface area contributed by atoms with Gasteiger partial charge in [-0.05, 0) is 179 Å². The highest BCUT2D eigenvalue weighted by Crippen LogP contribution is 2.55. The van der Waals surface area contributed by atoms with Crippen LogP contribution in [0.15, 0.2) is 104 Å². The van der Waals surface area contributed by atoms with Gasteiger partial charge < -0.3 is 36.2 Å². The molecule has 0 saturated carbocycles. The number of nitrogens with two attached hydrogens (primary N) is 2. The lowest BCUT2D eigenvalue weighted by Crippen LogP contribution is -2.50. The average molecular weight is 1150 g/mol. The zero-order chi connectivity index (χ0) is 60.9. The van der Waals surface area contributed by atoms with Crippen molar-refractivity contribution in [1.29, 1.82) is 0 Å². The van der Waals surface area contributed by atoms with Gasteiger partial charge in [-0.1, -0.05) is 126 Å². The summed E-state index contributed by atoms with van der Waals surface area (Å²) in [7, 11) is 2.63. The second-order valence-corrected chi connectivity index (χ2v) is 28.2. The van der Waals surface area contributed by atoms with Crippen molar-refractivity contribution in [3.8, 4) is 23.0 Å². The predicted octanol–water partition coefficient (Wildman–Crippen LogP) is 13.1. The number of benzene rings is 3. The van der Waals surface area contributed by atoms with Crippen molar-refractivity contribution < 1.29 is 14.3 Å². The second kappa shape index (κ2) is 33.0. The molecule has 12 heteroatoms. The Labute approximate surface area is 503 Å². The van der Waals surface area contributed by atoms with Crippen LogP contribution in [0.3, 0.4) is 0 Å². The number of likely N-dealkylation sites (N-methyl/N-ethyl adjacent to an activating group) is 3. The number of aromatic nitrogens is 1. The van der Waals surface area contributed by atoms with Crippen LogP contribution in [0.1, 0.15) is 165 Å². The van der Waals surface area contributed by atoms with E-state index in [1.54, 1.807) is 16.8 Å². The van der Waals surface area contributed by atoms with Gasteiger partial charge >= 0.3 is 0 Å². The molecule has 2 fully saturated rings. The van der Waals surface area contributed by atoms with Crippen LogP contribution < -0.4 is 21.7 Å². The number of nitrogens with one attached hydrogen (secondary N) is 1. The Hall–Kier alpha value is -5.84. The highest BCUT2D eigenvalue weighted by molar-refractivity contribution is 8.27. The summed E-state index contributed by atoms with van der Waals surface area (Å²) in [6.45, 7) is 34.4. The quantitative estimate of drug-likeness (QED) is 0.0157. The number of hydrogen-bond donors (Lipinski definition) is 3. The normalized spacial score (nSPS) is 18.6. The number of amides is 2. The fraction of sp³-hybridized carbons (Fsp3) is 0.535. The lowest BCUT2D eigenvalue weighted by molar-refractivity contribution is -0.132. The van der Waals surface area contributed by atoms with E-state index in [2.05, 4.69) is 163 Å². The number of nitrogens with zero attached hydrogens (tertiary/aromatic N) is 5. The number of fused-ring (bicyclic) bond motifs is 1. The van der Waals surface area contributed by atoms with Gasteiger partial charge in [0.2, 0.25) is 12.3 Å². The summed E-state index contributed by atoms with van der Waals surface area (Å²) in [6.07, 6.45) is 15.2. The van der Waals surface area contributed by atoms with Gasteiger partial charge in [0.1, 0.15) is 6.04 Å². The number of carbonyl (C=O) groups excluding carboxylic acids is 2. The molecule has 3 aliphatic rings. The Balaban J connectivity index is 0.000000850. The topological polar surface area (TPSA) is 133 Å². The minimum absolute atomic E-state index is 0.0122. The van der Waals surface area contributed by atoms with E-state index in [4.69, 9.17) is 21.2 Å². The lowest BCUT2D eigenvalue weighted by atomic mass is 9.73. The van der Waals surface area contributed by atoms with E-state index in [1.165, 1.54) is 35.3 Å². The summed E-state index contributed by atoms with van der Waals surface area (Å²) >= 11 is 0. The molecule has 0 bridgehead atoms. The SMILES string of the molecule is C=CCCC(C)(C)CC1c2cc(-c3cc(C)cc(CC(NC(=C)C(C(C)C)N(C)C=O)C(=O)N(C)CCCCN)c3)ccc2N(CC)C1c1cc(C#CCN2CCCS(=C)(=C)CC2)cnc1C(C)CC.CC1CCCO1.Nc1ccccc1. The van der Waals surface area contributed by atoms with Gasteiger partial charge in [0.05, 0.1) is 24.7 Å². The Morgan fingerprint density at radius 2 is 1.73 bits per heavy atom. The van der Waals surface area contributed by atoms with Crippen LogP contribution in [0.5, 0.6) is 0 Å². The smallest absolute Gasteiger partial charge is 0.245 e. The molecule has 6 unspecified atom stereocenters. The number of anilines is 2. The molecule has 3 aliphatic heterocycles. The summed E-state index contributed by atoms with van der Waals surface area (Å²) in [4.78, 5) is 40.1. The fourth-order valence-electron chi connectivity index (χ4n) is 12.1. The molecule has 7 rings (SSSR count). The molecule has 4 aromatic rings. The number of nitrogen functional groups attached to an aromatic ring is 1. The monoisotopic (exact) mass is 1150 g/mol. The van der Waals surface area contributed by atoms with E-state index in [0.717, 1.165) is 129 Å². The Bertz CT molecular complexity index is 2880. The van der Waals surface area contributed by atoms with Crippen LogP contribution in [-0.4, -0.2) is 133 Å². The number of allylic oxidation sites excluding steroid dienone is 1. The molecule has 1 aromatic heterocycles. The zero-order valence-electron chi connectivity index (χ0n) is 53.0. The highest BCUT2D eigenvalue weighted by Gasteiger charge is 2.43. The number of ether oxygens (including phenoxy) is 1. The maximum atomic E-state index is 14.3. The molecule has 0 spiro atoms. The molecule has 3 aromatic carbocycles. The number of carbonyl (C=O) groups is 2. The number of unbranched alkanes of at least 4 members (excludes halogenated alkanes) is 1. The van der Waals surface area contributed by atoms with Crippen LogP contribution in [0.4, 0.5) is 11.4 Å². The van der Waals surface area contributed by atoms with Crippen LogP contribution in [-0.2, 0) is 20.7 Å². The minimum atomic E-state index is -1.00. The summed E-state index contributed by atoms with van der Waals surface area (Å²) in [5, 5.41) is 3.53. The Morgan fingerprint density at radius 1 is 0.988 bits per heavy atom. The van der Waals surface area contributed by atoms with Gasteiger partial charge in [-0.3, -0.25) is 19.5 Å². The first kappa shape index (κ1) is 67.9. The van der Waals surface area contributed by atoms with Gasteiger partial charge in [-0.2, -0.15) is 0 Å². The summed E-state index contributed by atoms with van der Waals surface area (Å²) in [6, 6.07) is 24.9.